The zero-order valence-corrected chi connectivity index (χ0v) is 9.20. The fourth-order valence-electron chi connectivity index (χ4n) is 1.35. The van der Waals surface area contributed by atoms with Gasteiger partial charge in [-0.05, 0) is 12.1 Å². The van der Waals surface area contributed by atoms with Crippen LogP contribution in [0.1, 0.15) is 10.4 Å². The van der Waals surface area contributed by atoms with Crippen LogP contribution >= 0.6 is 0 Å². The largest absolute Gasteiger partial charge is 0.406 e. The molecule has 0 fully saturated rings. The van der Waals surface area contributed by atoms with Crippen LogP contribution in [0, 0.1) is 0 Å². The number of nitrogens with zero attached hydrogens (tertiary/aromatic N) is 1. The van der Waals surface area contributed by atoms with Crippen molar-refractivity contribution in [3.8, 4) is 0 Å². The molecule has 18 heavy (non-hydrogen) atoms. The van der Waals surface area contributed by atoms with Gasteiger partial charge in [-0.15, -0.1) is 0 Å². The zero-order chi connectivity index (χ0) is 13.8. The van der Waals surface area contributed by atoms with Crippen LogP contribution in [0.4, 0.5) is 13.2 Å². The maximum absolute atomic E-state index is 12.2. The minimum absolute atomic E-state index is 0.380. The lowest BCUT2D eigenvalue weighted by Gasteiger charge is -2.22. The molecule has 2 N–H and O–H groups in total. The molecule has 0 unspecified atom stereocenters. The lowest BCUT2D eigenvalue weighted by Crippen LogP contribution is -2.42. The number of amides is 1. The second-order valence-electron chi connectivity index (χ2n) is 3.48. The number of hydrogen-bond acceptors (Lipinski definition) is 3. The Kier molecular flexibility index (Phi) is 4.49. The maximum atomic E-state index is 12.2. The van der Waals surface area contributed by atoms with Gasteiger partial charge in [0.1, 0.15) is 12.1 Å². The van der Waals surface area contributed by atoms with E-state index in [0.717, 1.165) is 6.07 Å². The summed E-state index contributed by atoms with van der Waals surface area (Å²) in [6.07, 6.45) is -3.33. The van der Waals surface area contributed by atoms with E-state index in [1.54, 1.807) is 0 Å². The highest BCUT2D eigenvalue weighted by Gasteiger charge is 2.33. The van der Waals surface area contributed by atoms with Gasteiger partial charge in [0.05, 0.1) is 6.61 Å². The number of aliphatic hydroxyl groups is 1. The van der Waals surface area contributed by atoms with Crippen LogP contribution in [-0.4, -0.2) is 46.8 Å². The van der Waals surface area contributed by atoms with E-state index >= 15 is 0 Å². The van der Waals surface area contributed by atoms with Gasteiger partial charge in [-0.25, -0.2) is 0 Å². The Bertz CT molecular complexity index is 470. The third-order valence-corrected chi connectivity index (χ3v) is 2.08. The van der Waals surface area contributed by atoms with Crippen LogP contribution in [0.2, 0.25) is 0 Å². The van der Waals surface area contributed by atoms with Gasteiger partial charge in [-0.1, -0.05) is 0 Å². The van der Waals surface area contributed by atoms with Crippen molar-refractivity contribution in [2.45, 2.75) is 6.18 Å². The average molecular weight is 264 g/mol. The first-order chi connectivity index (χ1) is 8.35. The van der Waals surface area contributed by atoms with E-state index in [4.69, 9.17) is 5.11 Å². The molecule has 1 aromatic heterocycles. The Labute approximate surface area is 99.8 Å². The van der Waals surface area contributed by atoms with Gasteiger partial charge in [0.15, 0.2) is 0 Å². The molecule has 0 aliphatic carbocycles. The van der Waals surface area contributed by atoms with Crippen molar-refractivity contribution in [2.24, 2.45) is 0 Å². The topological polar surface area (TPSA) is 73.4 Å². The van der Waals surface area contributed by atoms with Crippen molar-refractivity contribution in [3.05, 3.63) is 34.2 Å². The predicted octanol–water partition coefficient (Wildman–Crippen LogP) is 0.372. The van der Waals surface area contributed by atoms with Crippen molar-refractivity contribution in [1.82, 2.24) is 9.88 Å². The summed E-state index contributed by atoms with van der Waals surface area (Å²) in [5, 5.41) is 8.65. The van der Waals surface area contributed by atoms with Crippen molar-refractivity contribution in [2.75, 3.05) is 19.7 Å². The van der Waals surface area contributed by atoms with E-state index in [9.17, 15) is 22.8 Å². The monoisotopic (exact) mass is 264 g/mol. The molecular formula is C10H11F3N2O3. The normalized spacial score (nSPS) is 11.3. The van der Waals surface area contributed by atoms with Gasteiger partial charge in [0.2, 0.25) is 0 Å². The molecule has 1 rings (SSSR count). The highest BCUT2D eigenvalue weighted by atomic mass is 19.4. The number of carbonyl (C=O) groups excluding carboxylic acids is 1. The summed E-state index contributed by atoms with van der Waals surface area (Å²) in [7, 11) is 0. The van der Waals surface area contributed by atoms with E-state index < -0.39 is 42.9 Å². The van der Waals surface area contributed by atoms with E-state index in [1.165, 1.54) is 12.3 Å². The van der Waals surface area contributed by atoms with Crippen molar-refractivity contribution in [1.29, 1.82) is 0 Å². The molecule has 5 nitrogen and oxygen atoms in total. The summed E-state index contributed by atoms with van der Waals surface area (Å²) in [6.45, 7) is -2.63. The van der Waals surface area contributed by atoms with E-state index in [0.29, 0.717) is 4.90 Å². The molecule has 0 aromatic carbocycles. The third kappa shape index (κ3) is 3.88. The molecule has 8 heteroatoms. The highest BCUT2D eigenvalue weighted by Crippen LogP contribution is 2.17. The lowest BCUT2D eigenvalue weighted by molar-refractivity contribution is -0.141. The lowest BCUT2D eigenvalue weighted by atomic mass is 10.2. The van der Waals surface area contributed by atoms with E-state index in [2.05, 4.69) is 4.98 Å². The fraction of sp³-hybridized carbons (Fsp3) is 0.400. The zero-order valence-electron chi connectivity index (χ0n) is 9.20. The van der Waals surface area contributed by atoms with Crippen LogP contribution in [0.3, 0.4) is 0 Å². The molecule has 1 amide bonds. The molecule has 0 saturated heterocycles. The molecule has 1 heterocycles. The highest BCUT2D eigenvalue weighted by molar-refractivity contribution is 5.93. The minimum atomic E-state index is -4.59. The van der Waals surface area contributed by atoms with Gasteiger partial charge in [0.25, 0.3) is 11.5 Å². The number of aromatic nitrogens is 1. The standard InChI is InChI=1S/C10H11F3N2O3/c11-10(12,13)6-15(4-5-16)9(18)7-2-1-3-14-8(7)17/h1-3,16H,4-6H2,(H,14,17). The number of rotatable bonds is 4. The number of pyridine rings is 1. The van der Waals surface area contributed by atoms with Gasteiger partial charge >= 0.3 is 6.18 Å². The third-order valence-electron chi connectivity index (χ3n) is 2.08. The molecule has 0 spiro atoms. The Balaban J connectivity index is 2.97. The van der Waals surface area contributed by atoms with Crippen LogP contribution in [-0.2, 0) is 0 Å². The van der Waals surface area contributed by atoms with Crippen LogP contribution < -0.4 is 5.56 Å². The van der Waals surface area contributed by atoms with Crippen LogP contribution in [0.25, 0.3) is 0 Å². The number of carbonyl (C=O) groups is 1. The molecular weight excluding hydrogens is 253 g/mol. The summed E-state index contributed by atoms with van der Waals surface area (Å²) in [6, 6.07) is 2.46. The molecule has 0 bridgehead atoms. The molecule has 1 aromatic rings. The van der Waals surface area contributed by atoms with Gasteiger partial charge < -0.3 is 15.0 Å². The Hall–Kier alpha value is -1.83. The van der Waals surface area contributed by atoms with E-state index in [-0.39, 0.29) is 0 Å². The quantitative estimate of drug-likeness (QED) is 0.825. The second kappa shape index (κ2) is 5.67. The SMILES string of the molecule is O=C(c1ccc[nH]c1=O)N(CCO)CC(F)(F)F. The summed E-state index contributed by atoms with van der Waals surface area (Å²) >= 11 is 0. The molecule has 0 saturated carbocycles. The van der Waals surface area contributed by atoms with Crippen molar-refractivity contribution < 1.29 is 23.1 Å². The summed E-state index contributed by atoms with van der Waals surface area (Å²) in [5.74, 6) is -1.07. The van der Waals surface area contributed by atoms with Crippen molar-refractivity contribution >= 4 is 5.91 Å². The molecule has 0 aliphatic heterocycles. The summed E-state index contributed by atoms with van der Waals surface area (Å²) in [4.78, 5) is 25.6. The Morgan fingerprint density at radius 1 is 1.44 bits per heavy atom. The number of nitrogens with one attached hydrogen (secondary N) is 1. The first-order valence-electron chi connectivity index (χ1n) is 5.00. The number of hydrogen-bond donors (Lipinski definition) is 2. The smallest absolute Gasteiger partial charge is 0.395 e. The van der Waals surface area contributed by atoms with E-state index in [1.807, 2.05) is 0 Å². The number of aliphatic hydroxyl groups excluding tert-OH is 1. The first kappa shape index (κ1) is 14.2. The Morgan fingerprint density at radius 3 is 2.61 bits per heavy atom. The molecule has 0 atom stereocenters. The van der Waals surface area contributed by atoms with Gasteiger partial charge in [-0.3, -0.25) is 9.59 Å². The van der Waals surface area contributed by atoms with Gasteiger partial charge in [-0.2, -0.15) is 13.2 Å². The molecule has 100 valence electrons. The molecule has 0 radical (unpaired) electrons. The number of aromatic amines is 1. The van der Waals surface area contributed by atoms with Crippen LogP contribution in [0.5, 0.6) is 0 Å². The second-order valence-corrected chi connectivity index (χ2v) is 3.48. The average Bonchev–Trinajstić information content (AvgIpc) is 2.26. The molecule has 0 aliphatic rings. The summed E-state index contributed by atoms with van der Waals surface area (Å²) < 4.78 is 36.7. The number of halogens is 3. The summed E-state index contributed by atoms with van der Waals surface area (Å²) in [5.41, 5.74) is -1.16. The Morgan fingerprint density at radius 2 is 2.11 bits per heavy atom. The van der Waals surface area contributed by atoms with Crippen molar-refractivity contribution in [3.63, 3.8) is 0 Å². The number of alkyl halides is 3. The predicted molar refractivity (Wildman–Crippen MR) is 56.1 cm³/mol. The number of H-pyrrole nitrogens is 1. The van der Waals surface area contributed by atoms with Crippen LogP contribution in [0.15, 0.2) is 23.1 Å². The minimum Gasteiger partial charge on any atom is -0.395 e. The first-order valence-corrected chi connectivity index (χ1v) is 5.00. The fourth-order valence-corrected chi connectivity index (χ4v) is 1.35. The van der Waals surface area contributed by atoms with Gasteiger partial charge in [0, 0.05) is 12.7 Å². The maximum Gasteiger partial charge on any atom is 0.406 e.